The molecule has 1 aromatic heterocycles. The zero-order valence-corrected chi connectivity index (χ0v) is 11.8. The minimum absolute atomic E-state index is 0.234. The van der Waals surface area contributed by atoms with E-state index in [1.807, 2.05) is 11.7 Å². The number of nitrogens with zero attached hydrogens (tertiary/aromatic N) is 2. The second-order valence-electron chi connectivity index (χ2n) is 5.10. The molecule has 1 fully saturated rings. The van der Waals surface area contributed by atoms with Crippen molar-refractivity contribution in [3.05, 3.63) is 17.5 Å². The summed E-state index contributed by atoms with van der Waals surface area (Å²) in [5, 5.41) is 8.03. The molecule has 4 nitrogen and oxygen atoms in total. The maximum atomic E-state index is 5.94. The molecule has 2 heterocycles. The maximum Gasteiger partial charge on any atom is 0.0899 e. The molecule has 1 N–H and O–H groups in total. The summed E-state index contributed by atoms with van der Waals surface area (Å²) >= 11 is 0. The van der Waals surface area contributed by atoms with Gasteiger partial charge in [-0.1, -0.05) is 13.8 Å². The van der Waals surface area contributed by atoms with Crippen LogP contribution in [-0.2, 0) is 18.2 Å². The Labute approximate surface area is 110 Å². The molecule has 0 saturated carbocycles. The fourth-order valence-corrected chi connectivity index (χ4v) is 2.72. The molecule has 0 aliphatic carbocycles. The summed E-state index contributed by atoms with van der Waals surface area (Å²) in [5.41, 5.74) is 2.48. The van der Waals surface area contributed by atoms with Gasteiger partial charge < -0.3 is 10.1 Å². The first kappa shape index (κ1) is 13.6. The van der Waals surface area contributed by atoms with Crippen LogP contribution >= 0.6 is 0 Å². The van der Waals surface area contributed by atoms with Gasteiger partial charge in [-0.3, -0.25) is 4.68 Å². The fraction of sp³-hybridized carbons (Fsp3) is 0.786. The smallest absolute Gasteiger partial charge is 0.0899 e. The predicted molar refractivity (Wildman–Crippen MR) is 72.5 cm³/mol. The first-order chi connectivity index (χ1) is 8.76. The molecule has 1 aromatic rings. The molecule has 0 amide bonds. The lowest BCUT2D eigenvalue weighted by Crippen LogP contribution is -2.25. The highest BCUT2D eigenvalue weighted by molar-refractivity contribution is 5.22. The van der Waals surface area contributed by atoms with Crippen molar-refractivity contribution in [2.24, 2.45) is 13.0 Å². The van der Waals surface area contributed by atoms with Gasteiger partial charge in [0.15, 0.2) is 0 Å². The van der Waals surface area contributed by atoms with Gasteiger partial charge in [0.1, 0.15) is 0 Å². The Morgan fingerprint density at radius 3 is 3.06 bits per heavy atom. The molecule has 0 aromatic carbocycles. The van der Waals surface area contributed by atoms with E-state index in [0.717, 1.165) is 32.5 Å². The van der Waals surface area contributed by atoms with E-state index >= 15 is 0 Å². The molecule has 0 radical (unpaired) electrons. The van der Waals surface area contributed by atoms with Gasteiger partial charge in [0, 0.05) is 37.9 Å². The first-order valence-electron chi connectivity index (χ1n) is 7.11. The second-order valence-corrected chi connectivity index (χ2v) is 5.10. The van der Waals surface area contributed by atoms with Crippen molar-refractivity contribution < 1.29 is 4.74 Å². The van der Waals surface area contributed by atoms with Crippen LogP contribution in [0.25, 0.3) is 0 Å². The topological polar surface area (TPSA) is 39.1 Å². The molecule has 0 spiro atoms. The predicted octanol–water partition coefficient (Wildman–Crippen LogP) is 2.06. The number of aryl methyl sites for hydroxylation is 2. The maximum absolute atomic E-state index is 5.94. The van der Waals surface area contributed by atoms with Crippen molar-refractivity contribution >= 4 is 0 Å². The molecule has 1 saturated heterocycles. The highest BCUT2D eigenvalue weighted by atomic mass is 16.5. The van der Waals surface area contributed by atoms with Crippen molar-refractivity contribution in [3.63, 3.8) is 0 Å². The third-order valence-electron chi connectivity index (χ3n) is 3.63. The summed E-state index contributed by atoms with van der Waals surface area (Å²) in [6.45, 7) is 7.38. The standard InChI is InChI=1S/C14H25N3O/c1-4-7-15-9-11-6-8-18-14(11)12-10-17(3)16-13(12)5-2/h10-11,14-15H,4-9H2,1-3H3. The number of rotatable bonds is 6. The molecule has 4 heteroatoms. The monoisotopic (exact) mass is 251 g/mol. The van der Waals surface area contributed by atoms with Crippen LogP contribution in [0, 0.1) is 5.92 Å². The first-order valence-corrected chi connectivity index (χ1v) is 7.11. The average Bonchev–Trinajstić information content (AvgIpc) is 2.95. The molecule has 1 aliphatic heterocycles. The zero-order chi connectivity index (χ0) is 13.0. The molecule has 1 aliphatic rings. The summed E-state index contributed by atoms with van der Waals surface area (Å²) < 4.78 is 7.85. The van der Waals surface area contributed by atoms with E-state index in [0.29, 0.717) is 5.92 Å². The van der Waals surface area contributed by atoms with Gasteiger partial charge in [-0.05, 0) is 25.8 Å². The summed E-state index contributed by atoms with van der Waals surface area (Å²) in [5.74, 6) is 0.589. The number of hydrogen-bond acceptors (Lipinski definition) is 3. The van der Waals surface area contributed by atoms with E-state index < -0.39 is 0 Å². The lowest BCUT2D eigenvalue weighted by molar-refractivity contribution is 0.0898. The Hall–Kier alpha value is -0.870. The van der Waals surface area contributed by atoms with E-state index in [9.17, 15) is 0 Å². The van der Waals surface area contributed by atoms with Crippen LogP contribution in [0.1, 0.15) is 44.1 Å². The van der Waals surface area contributed by atoms with Gasteiger partial charge in [-0.15, -0.1) is 0 Å². The number of ether oxygens (including phenoxy) is 1. The van der Waals surface area contributed by atoms with E-state index in [4.69, 9.17) is 4.74 Å². The van der Waals surface area contributed by atoms with Gasteiger partial charge >= 0.3 is 0 Å². The Kier molecular flexibility index (Phi) is 4.78. The molecule has 18 heavy (non-hydrogen) atoms. The fourth-order valence-electron chi connectivity index (χ4n) is 2.72. The number of nitrogens with one attached hydrogen (secondary N) is 1. The number of hydrogen-bond donors (Lipinski definition) is 1. The summed E-state index contributed by atoms with van der Waals surface area (Å²) in [7, 11) is 1.99. The highest BCUT2D eigenvalue weighted by Gasteiger charge is 2.31. The summed E-state index contributed by atoms with van der Waals surface area (Å²) in [4.78, 5) is 0. The van der Waals surface area contributed by atoms with Gasteiger partial charge in [0.05, 0.1) is 11.8 Å². The minimum Gasteiger partial charge on any atom is -0.373 e. The van der Waals surface area contributed by atoms with Crippen LogP contribution in [-0.4, -0.2) is 29.5 Å². The van der Waals surface area contributed by atoms with Crippen LogP contribution in [0.15, 0.2) is 6.20 Å². The van der Waals surface area contributed by atoms with Crippen LogP contribution in [0.3, 0.4) is 0 Å². The normalized spacial score (nSPS) is 23.7. The van der Waals surface area contributed by atoms with Crippen LogP contribution in [0.4, 0.5) is 0 Å². The van der Waals surface area contributed by atoms with E-state index in [2.05, 4.69) is 30.5 Å². The second kappa shape index (κ2) is 6.34. The Morgan fingerprint density at radius 1 is 1.50 bits per heavy atom. The van der Waals surface area contributed by atoms with E-state index in [-0.39, 0.29) is 6.10 Å². The molecule has 2 atom stereocenters. The van der Waals surface area contributed by atoms with Gasteiger partial charge in [-0.25, -0.2) is 0 Å². The van der Waals surface area contributed by atoms with Crippen molar-refractivity contribution in [2.75, 3.05) is 19.7 Å². The van der Waals surface area contributed by atoms with E-state index in [1.165, 1.54) is 17.7 Å². The Morgan fingerprint density at radius 2 is 2.33 bits per heavy atom. The van der Waals surface area contributed by atoms with Crippen molar-refractivity contribution in [1.82, 2.24) is 15.1 Å². The van der Waals surface area contributed by atoms with Gasteiger partial charge in [0.25, 0.3) is 0 Å². The highest BCUT2D eigenvalue weighted by Crippen LogP contribution is 2.35. The Bertz CT molecular complexity index is 375. The summed E-state index contributed by atoms with van der Waals surface area (Å²) in [6.07, 6.45) is 5.68. The Balaban J connectivity index is 2.05. The quantitative estimate of drug-likeness (QED) is 0.787. The minimum atomic E-state index is 0.234. The molecule has 0 bridgehead atoms. The van der Waals surface area contributed by atoms with Crippen LogP contribution < -0.4 is 5.32 Å². The van der Waals surface area contributed by atoms with E-state index in [1.54, 1.807) is 0 Å². The van der Waals surface area contributed by atoms with Gasteiger partial charge in [-0.2, -0.15) is 5.10 Å². The third-order valence-corrected chi connectivity index (χ3v) is 3.63. The SMILES string of the molecule is CCCNCC1CCOC1c1cn(C)nc1CC. The van der Waals surface area contributed by atoms with Crippen LogP contribution in [0.2, 0.25) is 0 Å². The van der Waals surface area contributed by atoms with Crippen LogP contribution in [0.5, 0.6) is 0 Å². The lowest BCUT2D eigenvalue weighted by atomic mass is 9.95. The number of aromatic nitrogens is 2. The molecule has 2 unspecified atom stereocenters. The summed E-state index contributed by atoms with van der Waals surface area (Å²) in [6, 6.07) is 0. The molecule has 102 valence electrons. The third kappa shape index (κ3) is 2.93. The molecular formula is C14H25N3O. The molecular weight excluding hydrogens is 226 g/mol. The van der Waals surface area contributed by atoms with Crippen molar-refractivity contribution in [3.8, 4) is 0 Å². The lowest BCUT2D eigenvalue weighted by Gasteiger charge is -2.18. The zero-order valence-electron chi connectivity index (χ0n) is 11.8. The largest absolute Gasteiger partial charge is 0.373 e. The molecule has 2 rings (SSSR count). The van der Waals surface area contributed by atoms with Crippen molar-refractivity contribution in [1.29, 1.82) is 0 Å². The van der Waals surface area contributed by atoms with Gasteiger partial charge in [0.2, 0.25) is 0 Å². The van der Waals surface area contributed by atoms with Crippen molar-refractivity contribution in [2.45, 2.75) is 39.2 Å². The average molecular weight is 251 g/mol.